The van der Waals surface area contributed by atoms with Crippen molar-refractivity contribution in [2.24, 2.45) is 0 Å². The van der Waals surface area contributed by atoms with Gasteiger partial charge in [0.15, 0.2) is 0 Å². The van der Waals surface area contributed by atoms with Gasteiger partial charge in [-0.05, 0) is 22.6 Å². The van der Waals surface area contributed by atoms with Gasteiger partial charge in [-0.3, -0.25) is 4.90 Å². The number of rotatable bonds is 8. The van der Waals surface area contributed by atoms with Gasteiger partial charge in [0.25, 0.3) is 0 Å². The Labute approximate surface area is 146 Å². The largest absolute Gasteiger partial charge is 0.294 e. The molecule has 0 saturated heterocycles. The Morgan fingerprint density at radius 2 is 1.88 bits per heavy atom. The third-order valence-electron chi connectivity index (χ3n) is 4.04. The van der Waals surface area contributed by atoms with Crippen LogP contribution in [-0.2, 0) is 6.54 Å². The number of nitriles is 1. The van der Waals surface area contributed by atoms with Crippen LogP contribution < -0.4 is 0 Å². The van der Waals surface area contributed by atoms with E-state index in [1.165, 1.54) is 16.7 Å². The van der Waals surface area contributed by atoms with Gasteiger partial charge in [0, 0.05) is 26.1 Å². The lowest BCUT2D eigenvalue weighted by molar-refractivity contribution is 0.302. The summed E-state index contributed by atoms with van der Waals surface area (Å²) < 4.78 is 0. The Kier molecular flexibility index (Phi) is 7.26. The molecule has 0 bridgehead atoms. The highest BCUT2D eigenvalue weighted by Crippen LogP contribution is 2.16. The zero-order chi connectivity index (χ0) is 17.2. The van der Waals surface area contributed by atoms with Crippen LogP contribution in [0.2, 0.25) is 0 Å². The minimum Gasteiger partial charge on any atom is -0.294 e. The van der Waals surface area contributed by atoms with E-state index in [9.17, 15) is 0 Å². The van der Waals surface area contributed by atoms with Crippen molar-refractivity contribution in [1.82, 2.24) is 4.90 Å². The fourth-order valence-electron chi connectivity index (χ4n) is 2.64. The van der Waals surface area contributed by atoms with Gasteiger partial charge < -0.3 is 0 Å². The number of nitrogens with zero attached hydrogens (tertiary/aromatic N) is 2. The summed E-state index contributed by atoms with van der Waals surface area (Å²) in [6.07, 6.45) is 4.93. The first kappa shape index (κ1) is 18.0. The molecule has 24 heavy (non-hydrogen) atoms. The van der Waals surface area contributed by atoms with Crippen LogP contribution in [0.4, 0.5) is 0 Å². The van der Waals surface area contributed by atoms with Crippen molar-refractivity contribution in [3.05, 3.63) is 77.4 Å². The molecule has 124 valence electrons. The average Bonchev–Trinajstić information content (AvgIpc) is 2.60. The maximum absolute atomic E-state index is 8.87. The summed E-state index contributed by atoms with van der Waals surface area (Å²) in [4.78, 5) is 2.31. The normalized spacial score (nSPS) is 11.3. The predicted molar refractivity (Wildman–Crippen MR) is 102 cm³/mol. The SMILES string of the molecule is CC(C)c1cccc(/C=C/CN(CCC#N)Cc2ccccc2)c1. The Balaban J connectivity index is 1.99. The number of hydrogen-bond acceptors (Lipinski definition) is 2. The molecule has 2 heteroatoms. The Hall–Kier alpha value is -2.37. The topological polar surface area (TPSA) is 27.0 Å². The van der Waals surface area contributed by atoms with Gasteiger partial charge in [-0.2, -0.15) is 5.26 Å². The molecule has 2 nitrogen and oxygen atoms in total. The van der Waals surface area contributed by atoms with E-state index in [4.69, 9.17) is 5.26 Å². The van der Waals surface area contributed by atoms with Gasteiger partial charge in [0.1, 0.15) is 0 Å². The summed E-state index contributed by atoms with van der Waals surface area (Å²) in [5, 5.41) is 8.87. The molecule has 0 unspecified atom stereocenters. The van der Waals surface area contributed by atoms with Crippen molar-refractivity contribution in [3.8, 4) is 6.07 Å². The van der Waals surface area contributed by atoms with Crippen molar-refractivity contribution in [1.29, 1.82) is 5.26 Å². The van der Waals surface area contributed by atoms with Crippen LogP contribution in [0.15, 0.2) is 60.7 Å². The maximum atomic E-state index is 8.87. The molecule has 2 aromatic carbocycles. The van der Waals surface area contributed by atoms with Gasteiger partial charge >= 0.3 is 0 Å². The fourth-order valence-corrected chi connectivity index (χ4v) is 2.64. The quantitative estimate of drug-likeness (QED) is 0.665. The first-order valence-corrected chi connectivity index (χ1v) is 8.59. The third kappa shape index (κ3) is 6.02. The van der Waals surface area contributed by atoms with Crippen LogP contribution in [-0.4, -0.2) is 18.0 Å². The van der Waals surface area contributed by atoms with Gasteiger partial charge in [-0.1, -0.05) is 80.6 Å². The molecule has 0 heterocycles. The Morgan fingerprint density at radius 3 is 2.58 bits per heavy atom. The van der Waals surface area contributed by atoms with Gasteiger partial charge in [-0.25, -0.2) is 0 Å². The predicted octanol–water partition coefficient (Wildman–Crippen LogP) is 5.24. The Bertz CT molecular complexity index is 681. The minimum atomic E-state index is 0.545. The summed E-state index contributed by atoms with van der Waals surface area (Å²) in [6.45, 7) is 6.95. The lowest BCUT2D eigenvalue weighted by Crippen LogP contribution is -2.24. The maximum Gasteiger partial charge on any atom is 0.0635 e. The molecule has 0 aliphatic rings. The molecule has 0 saturated carbocycles. The summed E-state index contributed by atoms with van der Waals surface area (Å²) >= 11 is 0. The summed E-state index contributed by atoms with van der Waals surface area (Å²) in [6, 6.07) is 21.3. The van der Waals surface area contributed by atoms with Crippen LogP contribution in [0, 0.1) is 11.3 Å². The van der Waals surface area contributed by atoms with Gasteiger partial charge in [-0.15, -0.1) is 0 Å². The lowest BCUT2D eigenvalue weighted by Gasteiger charge is -2.19. The number of hydrogen-bond donors (Lipinski definition) is 0. The molecular formula is C22H26N2. The highest BCUT2D eigenvalue weighted by molar-refractivity contribution is 5.50. The molecule has 0 aromatic heterocycles. The second kappa shape index (κ2) is 9.70. The minimum absolute atomic E-state index is 0.545. The summed E-state index contributed by atoms with van der Waals surface area (Å²) in [5.41, 5.74) is 3.88. The van der Waals surface area contributed by atoms with E-state index >= 15 is 0 Å². The van der Waals surface area contributed by atoms with Crippen LogP contribution in [0.1, 0.15) is 42.9 Å². The van der Waals surface area contributed by atoms with E-state index < -0.39 is 0 Å². The molecule has 0 atom stereocenters. The third-order valence-corrected chi connectivity index (χ3v) is 4.04. The highest BCUT2D eigenvalue weighted by atomic mass is 15.1. The van der Waals surface area contributed by atoms with Crippen molar-refractivity contribution in [2.75, 3.05) is 13.1 Å². The average molecular weight is 318 g/mol. The van der Waals surface area contributed by atoms with Crippen LogP contribution in [0.5, 0.6) is 0 Å². The van der Waals surface area contributed by atoms with E-state index in [-0.39, 0.29) is 0 Å². The van der Waals surface area contributed by atoms with Gasteiger partial charge in [0.05, 0.1) is 6.07 Å². The van der Waals surface area contributed by atoms with E-state index in [1.807, 2.05) is 6.07 Å². The van der Waals surface area contributed by atoms with E-state index in [0.717, 1.165) is 19.6 Å². The molecule has 0 aliphatic carbocycles. The fraction of sp³-hybridized carbons (Fsp3) is 0.318. The van der Waals surface area contributed by atoms with E-state index in [2.05, 4.69) is 85.5 Å². The molecular weight excluding hydrogens is 292 g/mol. The zero-order valence-electron chi connectivity index (χ0n) is 14.7. The molecule has 2 aromatic rings. The molecule has 0 N–H and O–H groups in total. The van der Waals surface area contributed by atoms with Crippen molar-refractivity contribution in [2.45, 2.75) is 32.7 Å². The molecule has 0 radical (unpaired) electrons. The molecule has 0 spiro atoms. The van der Waals surface area contributed by atoms with Crippen LogP contribution >= 0.6 is 0 Å². The van der Waals surface area contributed by atoms with Crippen LogP contribution in [0.25, 0.3) is 6.08 Å². The highest BCUT2D eigenvalue weighted by Gasteiger charge is 2.04. The molecule has 0 fully saturated rings. The Morgan fingerprint density at radius 1 is 1.08 bits per heavy atom. The first-order valence-electron chi connectivity index (χ1n) is 8.59. The van der Waals surface area contributed by atoms with E-state index in [1.54, 1.807) is 0 Å². The van der Waals surface area contributed by atoms with Crippen LogP contribution in [0.3, 0.4) is 0 Å². The molecule has 0 amide bonds. The second-order valence-corrected chi connectivity index (χ2v) is 6.36. The first-order chi connectivity index (χ1) is 11.7. The monoisotopic (exact) mass is 318 g/mol. The van der Waals surface area contributed by atoms with Crippen molar-refractivity contribution >= 4 is 6.08 Å². The molecule has 2 rings (SSSR count). The van der Waals surface area contributed by atoms with E-state index in [0.29, 0.717) is 12.3 Å². The van der Waals surface area contributed by atoms with Crippen molar-refractivity contribution < 1.29 is 0 Å². The summed E-state index contributed by atoms with van der Waals surface area (Å²) in [7, 11) is 0. The standard InChI is InChI=1S/C22H26N2/c1-19(2)22-13-6-11-20(17-22)12-7-15-24(16-8-14-23)18-21-9-4-3-5-10-21/h3-7,9-13,17,19H,8,15-16,18H2,1-2H3/b12-7+. The lowest BCUT2D eigenvalue weighted by atomic mass is 10.0. The summed E-state index contributed by atoms with van der Waals surface area (Å²) in [5.74, 6) is 0.545. The van der Waals surface area contributed by atoms with Gasteiger partial charge in [0.2, 0.25) is 0 Å². The zero-order valence-corrected chi connectivity index (χ0v) is 14.7. The molecule has 0 aliphatic heterocycles. The van der Waals surface area contributed by atoms with Crippen molar-refractivity contribution in [3.63, 3.8) is 0 Å². The number of benzene rings is 2. The second-order valence-electron chi connectivity index (χ2n) is 6.36. The smallest absolute Gasteiger partial charge is 0.0635 e.